The van der Waals surface area contributed by atoms with E-state index in [4.69, 9.17) is 0 Å². The molecule has 0 aliphatic rings. The van der Waals surface area contributed by atoms with Crippen molar-refractivity contribution in [3.8, 4) is 0 Å². The molecule has 0 amide bonds. The van der Waals surface area contributed by atoms with E-state index in [9.17, 15) is 8.78 Å². The van der Waals surface area contributed by atoms with Gasteiger partial charge in [0.25, 0.3) is 5.76 Å². The minimum Gasteiger partial charge on any atom is -0.377 e. The first-order chi connectivity index (χ1) is 9.15. The fraction of sp³-hybridized carbons (Fsp3) is 0.231. The van der Waals surface area contributed by atoms with E-state index in [-0.39, 0.29) is 6.04 Å². The van der Waals surface area contributed by atoms with E-state index in [1.54, 1.807) is 42.9 Å². The van der Waals surface area contributed by atoms with Crippen LogP contribution < -0.4 is 5.32 Å². The number of nitrogens with one attached hydrogen (secondary N) is 1. The standard InChI is InChI=1S/C13H13F2N3S/c1-9(12-8-16-6-7-17-12)18-10-2-4-11(5-3-10)19-13(14)15/h2-9,13,18H,1H3. The van der Waals surface area contributed by atoms with Gasteiger partial charge in [0.1, 0.15) is 0 Å². The van der Waals surface area contributed by atoms with Crippen LogP contribution in [-0.4, -0.2) is 15.7 Å². The number of anilines is 1. The summed E-state index contributed by atoms with van der Waals surface area (Å²) in [6.07, 6.45) is 4.95. The number of aromatic nitrogens is 2. The SMILES string of the molecule is CC(Nc1ccc(SC(F)F)cc1)c1cnccn1. The van der Waals surface area contributed by atoms with Gasteiger partial charge in [0, 0.05) is 23.0 Å². The summed E-state index contributed by atoms with van der Waals surface area (Å²) in [4.78, 5) is 8.76. The number of alkyl halides is 2. The molecule has 0 aliphatic carbocycles. The van der Waals surface area contributed by atoms with Crippen LogP contribution in [0.1, 0.15) is 18.7 Å². The highest BCUT2D eigenvalue weighted by molar-refractivity contribution is 7.99. The fourth-order valence-electron chi connectivity index (χ4n) is 1.59. The van der Waals surface area contributed by atoms with Gasteiger partial charge in [0.2, 0.25) is 0 Å². The van der Waals surface area contributed by atoms with Crippen molar-refractivity contribution in [2.24, 2.45) is 0 Å². The maximum Gasteiger partial charge on any atom is 0.288 e. The molecule has 0 fully saturated rings. The Morgan fingerprint density at radius 3 is 2.47 bits per heavy atom. The van der Waals surface area contributed by atoms with Gasteiger partial charge in [-0.25, -0.2) is 0 Å². The quantitative estimate of drug-likeness (QED) is 0.842. The number of rotatable bonds is 5. The van der Waals surface area contributed by atoms with Crippen LogP contribution >= 0.6 is 11.8 Å². The molecular formula is C13H13F2N3S. The average molecular weight is 281 g/mol. The van der Waals surface area contributed by atoms with Gasteiger partial charge in [-0.15, -0.1) is 0 Å². The lowest BCUT2D eigenvalue weighted by Gasteiger charge is -2.14. The molecule has 0 saturated carbocycles. The molecule has 1 N–H and O–H groups in total. The molecule has 1 aromatic carbocycles. The van der Waals surface area contributed by atoms with Gasteiger partial charge in [0.15, 0.2) is 0 Å². The third-order valence-corrected chi connectivity index (χ3v) is 3.21. The number of hydrogen-bond acceptors (Lipinski definition) is 4. The number of thioether (sulfide) groups is 1. The van der Waals surface area contributed by atoms with Gasteiger partial charge in [-0.3, -0.25) is 9.97 Å². The van der Waals surface area contributed by atoms with Crippen molar-refractivity contribution in [1.29, 1.82) is 0 Å². The molecule has 6 heteroatoms. The summed E-state index contributed by atoms with van der Waals surface area (Å²) in [6, 6.07) is 6.89. The summed E-state index contributed by atoms with van der Waals surface area (Å²) >= 11 is 0.539. The molecule has 1 heterocycles. The highest BCUT2D eigenvalue weighted by Gasteiger charge is 2.08. The molecule has 1 atom stereocenters. The Bertz CT molecular complexity index is 505. The molecule has 2 rings (SSSR count). The summed E-state index contributed by atoms with van der Waals surface area (Å²) < 4.78 is 24.4. The summed E-state index contributed by atoms with van der Waals surface area (Å²) in [6.45, 7) is 1.96. The Morgan fingerprint density at radius 1 is 1.16 bits per heavy atom. The first-order valence-corrected chi connectivity index (χ1v) is 6.60. The minimum absolute atomic E-state index is 0.00213. The second kappa shape index (κ2) is 6.47. The molecule has 3 nitrogen and oxygen atoms in total. The number of nitrogens with zero attached hydrogens (tertiary/aromatic N) is 2. The lowest BCUT2D eigenvalue weighted by Crippen LogP contribution is -2.08. The molecule has 100 valence electrons. The Kier molecular flexibility index (Phi) is 4.68. The summed E-state index contributed by atoms with van der Waals surface area (Å²) in [5.41, 5.74) is 1.69. The predicted octanol–water partition coefficient (Wildman–Crippen LogP) is 3.96. The predicted molar refractivity (Wildman–Crippen MR) is 72.4 cm³/mol. The monoisotopic (exact) mass is 281 g/mol. The third-order valence-electron chi connectivity index (χ3n) is 2.49. The van der Waals surface area contributed by atoms with Gasteiger partial charge >= 0.3 is 0 Å². The maximum absolute atomic E-state index is 12.2. The highest BCUT2D eigenvalue weighted by Crippen LogP contribution is 2.27. The number of benzene rings is 1. The van der Waals surface area contributed by atoms with Crippen LogP contribution in [0.15, 0.2) is 47.8 Å². The molecule has 1 unspecified atom stereocenters. The van der Waals surface area contributed by atoms with Crippen LogP contribution in [-0.2, 0) is 0 Å². The van der Waals surface area contributed by atoms with E-state index >= 15 is 0 Å². The van der Waals surface area contributed by atoms with E-state index in [0.717, 1.165) is 11.4 Å². The van der Waals surface area contributed by atoms with Gasteiger partial charge in [-0.1, -0.05) is 11.8 Å². The zero-order chi connectivity index (χ0) is 13.7. The van der Waals surface area contributed by atoms with Crippen molar-refractivity contribution < 1.29 is 8.78 Å². The lowest BCUT2D eigenvalue weighted by atomic mass is 10.2. The van der Waals surface area contributed by atoms with E-state index in [1.165, 1.54) is 0 Å². The largest absolute Gasteiger partial charge is 0.377 e. The Labute approximate surface area is 114 Å². The van der Waals surface area contributed by atoms with Crippen molar-refractivity contribution in [1.82, 2.24) is 9.97 Å². The molecule has 0 bridgehead atoms. The third kappa shape index (κ3) is 4.17. The second-order valence-electron chi connectivity index (χ2n) is 3.90. The van der Waals surface area contributed by atoms with Crippen LogP contribution in [0.2, 0.25) is 0 Å². The van der Waals surface area contributed by atoms with Crippen molar-refractivity contribution in [3.63, 3.8) is 0 Å². The summed E-state index contributed by atoms with van der Waals surface area (Å²) in [5.74, 6) is -2.39. The Balaban J connectivity index is 1.99. The van der Waals surface area contributed by atoms with Gasteiger partial charge in [-0.2, -0.15) is 8.78 Å². The van der Waals surface area contributed by atoms with E-state index in [2.05, 4.69) is 15.3 Å². The van der Waals surface area contributed by atoms with Crippen molar-refractivity contribution in [3.05, 3.63) is 48.5 Å². The molecular weight excluding hydrogens is 268 g/mol. The first-order valence-electron chi connectivity index (χ1n) is 5.72. The molecule has 0 aliphatic heterocycles. The maximum atomic E-state index is 12.2. The summed E-state index contributed by atoms with van der Waals surface area (Å²) in [7, 11) is 0. The van der Waals surface area contributed by atoms with Crippen LogP contribution in [0.5, 0.6) is 0 Å². The number of hydrogen-bond donors (Lipinski definition) is 1. The second-order valence-corrected chi connectivity index (χ2v) is 4.96. The average Bonchev–Trinajstić information content (AvgIpc) is 2.41. The number of halogens is 2. The van der Waals surface area contributed by atoms with Crippen LogP contribution in [0.4, 0.5) is 14.5 Å². The molecule has 0 radical (unpaired) electrons. The topological polar surface area (TPSA) is 37.8 Å². The molecule has 0 saturated heterocycles. The van der Waals surface area contributed by atoms with Crippen LogP contribution in [0.25, 0.3) is 0 Å². The smallest absolute Gasteiger partial charge is 0.288 e. The van der Waals surface area contributed by atoms with E-state index in [1.807, 2.05) is 6.92 Å². The van der Waals surface area contributed by atoms with Gasteiger partial charge in [-0.05, 0) is 31.2 Å². The summed E-state index contributed by atoms with van der Waals surface area (Å²) in [5, 5.41) is 3.24. The Morgan fingerprint density at radius 2 is 1.89 bits per heavy atom. The molecule has 1 aromatic heterocycles. The minimum atomic E-state index is -2.39. The van der Waals surface area contributed by atoms with E-state index < -0.39 is 5.76 Å². The lowest BCUT2D eigenvalue weighted by molar-refractivity contribution is 0.252. The van der Waals surface area contributed by atoms with Gasteiger partial charge < -0.3 is 5.32 Å². The van der Waals surface area contributed by atoms with E-state index in [0.29, 0.717) is 16.7 Å². The Hall–Kier alpha value is -1.69. The van der Waals surface area contributed by atoms with Gasteiger partial charge in [0.05, 0.1) is 17.9 Å². The molecule has 0 spiro atoms. The molecule has 19 heavy (non-hydrogen) atoms. The fourth-order valence-corrected chi connectivity index (χ4v) is 2.09. The van der Waals surface area contributed by atoms with Crippen molar-refractivity contribution in [2.75, 3.05) is 5.32 Å². The molecule has 2 aromatic rings. The highest BCUT2D eigenvalue weighted by atomic mass is 32.2. The van der Waals surface area contributed by atoms with Crippen LogP contribution in [0, 0.1) is 0 Å². The normalized spacial score (nSPS) is 12.4. The van der Waals surface area contributed by atoms with Crippen molar-refractivity contribution >= 4 is 17.4 Å². The van der Waals surface area contributed by atoms with Crippen LogP contribution in [0.3, 0.4) is 0 Å². The zero-order valence-electron chi connectivity index (χ0n) is 10.3. The zero-order valence-corrected chi connectivity index (χ0v) is 11.1. The van der Waals surface area contributed by atoms with Crippen molar-refractivity contribution in [2.45, 2.75) is 23.6 Å². The first kappa shape index (κ1) is 13.7.